The van der Waals surface area contributed by atoms with Crippen molar-refractivity contribution in [1.82, 2.24) is 0 Å². The molecule has 2 rings (SSSR count). The molecular weight excluding hydrogens is 276 g/mol. The molecule has 0 amide bonds. The van der Waals surface area contributed by atoms with Gasteiger partial charge in [0.2, 0.25) is 0 Å². The summed E-state index contributed by atoms with van der Waals surface area (Å²) in [5, 5.41) is 0.659. The molecule has 0 bridgehead atoms. The van der Waals surface area contributed by atoms with E-state index in [-0.39, 0.29) is 17.6 Å². The molecule has 1 saturated carbocycles. The molecule has 88 valence electrons. The van der Waals surface area contributed by atoms with Gasteiger partial charge < -0.3 is 9.47 Å². The van der Waals surface area contributed by atoms with Crippen molar-refractivity contribution in [2.45, 2.75) is 31.5 Å². The average Bonchev–Trinajstić information content (AvgIpc) is 2.65. The lowest BCUT2D eigenvalue weighted by molar-refractivity contribution is -0.162. The maximum Gasteiger partial charge on any atom is 0.338 e. The van der Waals surface area contributed by atoms with Gasteiger partial charge in [-0.05, 0) is 12.8 Å². The van der Waals surface area contributed by atoms with E-state index in [4.69, 9.17) is 9.47 Å². The van der Waals surface area contributed by atoms with Crippen LogP contribution < -0.4 is 0 Å². The Bertz CT molecular complexity index is 365. The number of hydrogen-bond acceptors (Lipinski definition) is 4. The van der Waals surface area contributed by atoms with Crippen LogP contribution in [0.5, 0.6) is 0 Å². The van der Waals surface area contributed by atoms with Crippen molar-refractivity contribution >= 4 is 27.9 Å². The van der Waals surface area contributed by atoms with Crippen LogP contribution in [0.1, 0.15) is 19.8 Å². The molecule has 0 spiro atoms. The number of carbonyl (C=O) groups is 2. The van der Waals surface area contributed by atoms with Gasteiger partial charge in [0.05, 0.1) is 5.57 Å². The summed E-state index contributed by atoms with van der Waals surface area (Å²) in [6.45, 7) is 5.07. The second-order valence-electron chi connectivity index (χ2n) is 4.19. The predicted octanol–water partition coefficient (Wildman–Crippen LogP) is 1.57. The number of hydrogen-bond donors (Lipinski definition) is 0. The summed E-state index contributed by atoms with van der Waals surface area (Å²) in [6.07, 6.45) is 1.21. The van der Waals surface area contributed by atoms with Gasteiger partial charge in [-0.1, -0.05) is 22.5 Å². The van der Waals surface area contributed by atoms with Crippen LogP contribution in [0, 0.1) is 5.92 Å². The second-order valence-corrected chi connectivity index (χ2v) is 4.84. The molecule has 0 N–H and O–H groups in total. The lowest BCUT2D eigenvalue weighted by Crippen LogP contribution is -2.45. The van der Waals surface area contributed by atoms with Gasteiger partial charge in [-0.25, -0.2) is 4.79 Å². The lowest BCUT2D eigenvalue weighted by Gasteiger charge is -2.32. The summed E-state index contributed by atoms with van der Waals surface area (Å²) in [6, 6.07) is 0. The molecule has 0 aromatic heterocycles. The second kappa shape index (κ2) is 3.87. The Kier molecular flexibility index (Phi) is 2.82. The van der Waals surface area contributed by atoms with Crippen LogP contribution in [0.25, 0.3) is 0 Å². The lowest BCUT2D eigenvalue weighted by atomic mass is 9.85. The van der Waals surface area contributed by atoms with Crippen LogP contribution in [0.15, 0.2) is 12.2 Å². The van der Waals surface area contributed by atoms with E-state index in [2.05, 4.69) is 22.5 Å². The molecule has 0 radical (unpaired) electrons. The number of fused-ring (bicyclic) bond motifs is 1. The smallest absolute Gasteiger partial charge is 0.338 e. The summed E-state index contributed by atoms with van der Waals surface area (Å²) >= 11 is 3.39. The first kappa shape index (κ1) is 11.6. The highest BCUT2D eigenvalue weighted by atomic mass is 79.9. The number of halogens is 1. The number of alkyl halides is 1. The molecule has 2 aliphatic rings. The molecular formula is C11H13BrO4. The van der Waals surface area contributed by atoms with Crippen LogP contribution in [0.4, 0.5) is 0 Å². The Morgan fingerprint density at radius 1 is 1.69 bits per heavy atom. The highest BCUT2D eigenvalue weighted by Gasteiger charge is 2.63. The number of rotatable bonds is 2. The van der Waals surface area contributed by atoms with Gasteiger partial charge >= 0.3 is 11.9 Å². The van der Waals surface area contributed by atoms with E-state index in [0.717, 1.165) is 6.42 Å². The normalized spacial score (nSPS) is 37.1. The molecule has 1 saturated heterocycles. The summed E-state index contributed by atoms with van der Waals surface area (Å²) in [5.41, 5.74) is -0.665. The molecule has 4 nitrogen and oxygen atoms in total. The fourth-order valence-electron chi connectivity index (χ4n) is 2.63. The maximum absolute atomic E-state index is 11.5. The van der Waals surface area contributed by atoms with Crippen molar-refractivity contribution in [1.29, 1.82) is 0 Å². The third-order valence-electron chi connectivity index (χ3n) is 3.33. The monoisotopic (exact) mass is 288 g/mol. The van der Waals surface area contributed by atoms with Gasteiger partial charge in [-0.15, -0.1) is 0 Å². The van der Waals surface area contributed by atoms with Crippen molar-refractivity contribution < 1.29 is 19.1 Å². The Hall–Kier alpha value is -0.840. The van der Waals surface area contributed by atoms with E-state index in [1.807, 2.05) is 0 Å². The van der Waals surface area contributed by atoms with Gasteiger partial charge in [0, 0.05) is 18.2 Å². The molecule has 1 aliphatic heterocycles. The first-order chi connectivity index (χ1) is 7.52. The third-order valence-corrected chi connectivity index (χ3v) is 4.11. The van der Waals surface area contributed by atoms with Gasteiger partial charge in [-0.2, -0.15) is 0 Å². The SMILES string of the molecule is C=C1C(=O)O[C@@H]2CC[C@H](CBr)[C@]12OC(C)=O. The molecule has 1 heterocycles. The van der Waals surface area contributed by atoms with Crippen LogP contribution in [-0.2, 0) is 19.1 Å². The minimum atomic E-state index is -0.938. The largest absolute Gasteiger partial charge is 0.454 e. The number of ether oxygens (including phenoxy) is 2. The van der Waals surface area contributed by atoms with Crippen LogP contribution in [-0.4, -0.2) is 29.0 Å². The van der Waals surface area contributed by atoms with Gasteiger partial charge in [0.25, 0.3) is 0 Å². The summed E-state index contributed by atoms with van der Waals surface area (Å²) in [4.78, 5) is 22.7. The summed E-state index contributed by atoms with van der Waals surface area (Å²) < 4.78 is 10.6. The zero-order chi connectivity index (χ0) is 11.9. The van der Waals surface area contributed by atoms with Crippen LogP contribution >= 0.6 is 15.9 Å². The average molecular weight is 289 g/mol. The fraction of sp³-hybridized carbons (Fsp3) is 0.636. The topological polar surface area (TPSA) is 52.6 Å². The molecule has 0 aromatic rings. The van der Waals surface area contributed by atoms with Gasteiger partial charge in [-0.3, -0.25) is 4.79 Å². The molecule has 0 aromatic carbocycles. The highest BCUT2D eigenvalue weighted by Crippen LogP contribution is 2.50. The minimum Gasteiger partial charge on any atom is -0.454 e. The number of carbonyl (C=O) groups excluding carboxylic acids is 2. The minimum absolute atomic E-state index is 0.0559. The zero-order valence-electron chi connectivity index (χ0n) is 8.99. The third kappa shape index (κ3) is 1.41. The number of esters is 2. The standard InChI is InChI=1S/C11H13BrO4/c1-6-10(14)15-9-4-3-8(5-12)11(6,9)16-7(2)13/h8-9H,1,3-5H2,2H3/t8-,9-,11-/m1/s1. The van der Waals surface area contributed by atoms with Crippen molar-refractivity contribution in [2.24, 2.45) is 5.92 Å². The van der Waals surface area contributed by atoms with Crippen LogP contribution in [0.3, 0.4) is 0 Å². The first-order valence-electron chi connectivity index (χ1n) is 5.18. The highest BCUT2D eigenvalue weighted by molar-refractivity contribution is 9.09. The van der Waals surface area contributed by atoms with Crippen molar-refractivity contribution in [2.75, 3.05) is 5.33 Å². The van der Waals surface area contributed by atoms with Gasteiger partial charge in [0.15, 0.2) is 5.60 Å². The van der Waals surface area contributed by atoms with Crippen molar-refractivity contribution in [3.8, 4) is 0 Å². The predicted molar refractivity (Wildman–Crippen MR) is 60.0 cm³/mol. The maximum atomic E-state index is 11.5. The Morgan fingerprint density at radius 2 is 2.38 bits per heavy atom. The van der Waals surface area contributed by atoms with Gasteiger partial charge in [0.1, 0.15) is 6.10 Å². The van der Waals surface area contributed by atoms with E-state index >= 15 is 0 Å². The fourth-order valence-corrected chi connectivity index (χ4v) is 3.44. The summed E-state index contributed by atoms with van der Waals surface area (Å²) in [5.74, 6) is -0.797. The molecule has 5 heteroatoms. The van der Waals surface area contributed by atoms with Crippen molar-refractivity contribution in [3.63, 3.8) is 0 Å². The summed E-state index contributed by atoms with van der Waals surface area (Å²) in [7, 11) is 0. The van der Waals surface area contributed by atoms with E-state index < -0.39 is 17.5 Å². The van der Waals surface area contributed by atoms with Crippen molar-refractivity contribution in [3.05, 3.63) is 12.2 Å². The van der Waals surface area contributed by atoms with E-state index in [0.29, 0.717) is 11.8 Å². The quantitative estimate of drug-likeness (QED) is 0.440. The molecule has 3 atom stereocenters. The molecule has 0 unspecified atom stereocenters. The first-order valence-corrected chi connectivity index (χ1v) is 6.30. The Balaban J connectivity index is 2.41. The molecule has 2 fully saturated rings. The van der Waals surface area contributed by atoms with Crippen LogP contribution in [0.2, 0.25) is 0 Å². The zero-order valence-corrected chi connectivity index (χ0v) is 10.6. The van der Waals surface area contributed by atoms with E-state index in [1.165, 1.54) is 6.92 Å². The van der Waals surface area contributed by atoms with E-state index in [1.54, 1.807) is 0 Å². The Labute approximate surface area is 102 Å². The molecule has 1 aliphatic carbocycles. The molecule has 16 heavy (non-hydrogen) atoms. The Morgan fingerprint density at radius 3 is 2.94 bits per heavy atom. The van der Waals surface area contributed by atoms with E-state index in [9.17, 15) is 9.59 Å².